The van der Waals surface area contributed by atoms with E-state index in [0.717, 1.165) is 5.56 Å². The van der Waals surface area contributed by atoms with E-state index in [1.165, 1.54) is 6.07 Å². The second kappa shape index (κ2) is 2.62. The maximum Gasteiger partial charge on any atom is 0.194 e. The molecule has 1 aromatic carbocycles. The summed E-state index contributed by atoms with van der Waals surface area (Å²) in [6, 6.07) is 6.72. The molecule has 0 aliphatic carbocycles. The van der Waals surface area contributed by atoms with E-state index in [4.69, 9.17) is 10.2 Å². The highest BCUT2D eigenvalue weighted by molar-refractivity contribution is 5.78. The normalized spacial score (nSPS) is 10.5. The summed E-state index contributed by atoms with van der Waals surface area (Å²) >= 11 is 0. The fourth-order valence-electron chi connectivity index (χ4n) is 1.29. The second-order valence-electron chi connectivity index (χ2n) is 3.01. The summed E-state index contributed by atoms with van der Waals surface area (Å²) in [5.74, 6) is 0.154. The van der Waals surface area contributed by atoms with Crippen molar-refractivity contribution in [1.82, 2.24) is 0 Å². The highest BCUT2D eigenvalue weighted by atomic mass is 16.3. The third kappa shape index (κ3) is 1.28. The van der Waals surface area contributed by atoms with Gasteiger partial charge in [-0.1, -0.05) is 11.6 Å². The lowest BCUT2D eigenvalue weighted by molar-refractivity contribution is 0.625. The molecule has 0 atom stereocenters. The Morgan fingerprint density at radius 2 is 2.08 bits per heavy atom. The number of anilines is 1. The first-order valence-corrected chi connectivity index (χ1v) is 3.97. The van der Waals surface area contributed by atoms with E-state index < -0.39 is 0 Å². The highest BCUT2D eigenvalue weighted by Gasteiger charge is 2.01. The van der Waals surface area contributed by atoms with Gasteiger partial charge >= 0.3 is 0 Å². The van der Waals surface area contributed by atoms with Gasteiger partial charge in [0, 0.05) is 6.07 Å². The van der Waals surface area contributed by atoms with E-state index in [1.54, 1.807) is 12.1 Å². The molecule has 0 saturated carbocycles. The van der Waals surface area contributed by atoms with Crippen molar-refractivity contribution in [2.75, 3.05) is 5.73 Å². The van der Waals surface area contributed by atoms with Gasteiger partial charge in [0.05, 0.1) is 5.39 Å². The number of hydrogen-bond donors (Lipinski definition) is 1. The zero-order chi connectivity index (χ0) is 9.42. The standard InChI is InChI=1S/C10H9NO2/c1-6-2-3-9-7(4-6)8(12)5-10(11)13-9/h2-5H,11H2,1H3. The van der Waals surface area contributed by atoms with E-state index >= 15 is 0 Å². The first-order valence-electron chi connectivity index (χ1n) is 3.97. The van der Waals surface area contributed by atoms with Crippen molar-refractivity contribution in [3.63, 3.8) is 0 Å². The van der Waals surface area contributed by atoms with Crippen LogP contribution in [0.2, 0.25) is 0 Å². The topological polar surface area (TPSA) is 56.2 Å². The zero-order valence-corrected chi connectivity index (χ0v) is 7.20. The molecule has 0 bridgehead atoms. The van der Waals surface area contributed by atoms with E-state index in [2.05, 4.69) is 0 Å². The van der Waals surface area contributed by atoms with Gasteiger partial charge in [0.15, 0.2) is 11.3 Å². The molecule has 0 spiro atoms. The first kappa shape index (κ1) is 7.86. The van der Waals surface area contributed by atoms with Gasteiger partial charge in [0.25, 0.3) is 0 Å². The van der Waals surface area contributed by atoms with Crippen molar-refractivity contribution >= 4 is 16.9 Å². The Labute approximate surface area is 74.8 Å². The molecule has 0 fully saturated rings. The lowest BCUT2D eigenvalue weighted by Gasteiger charge is -1.98. The summed E-state index contributed by atoms with van der Waals surface area (Å²) in [7, 11) is 0. The lowest BCUT2D eigenvalue weighted by Crippen LogP contribution is -2.01. The minimum Gasteiger partial charge on any atom is -0.441 e. The summed E-state index contributed by atoms with van der Waals surface area (Å²) in [5, 5.41) is 0.578. The Kier molecular flexibility index (Phi) is 1.59. The van der Waals surface area contributed by atoms with Crippen LogP contribution in [-0.2, 0) is 0 Å². The molecule has 13 heavy (non-hydrogen) atoms. The van der Waals surface area contributed by atoms with Gasteiger partial charge in [-0.2, -0.15) is 0 Å². The van der Waals surface area contributed by atoms with Gasteiger partial charge in [0.2, 0.25) is 0 Å². The van der Waals surface area contributed by atoms with Gasteiger partial charge in [0.1, 0.15) is 5.58 Å². The van der Waals surface area contributed by atoms with Gasteiger partial charge in [-0.15, -0.1) is 0 Å². The molecule has 1 heterocycles. The number of nitrogens with two attached hydrogens (primary N) is 1. The largest absolute Gasteiger partial charge is 0.441 e. The molecular formula is C10H9NO2. The van der Waals surface area contributed by atoms with E-state index in [1.807, 2.05) is 13.0 Å². The Bertz CT molecular complexity index is 514. The van der Waals surface area contributed by atoms with Crippen molar-refractivity contribution in [1.29, 1.82) is 0 Å². The summed E-state index contributed by atoms with van der Waals surface area (Å²) in [6.07, 6.45) is 0. The number of aryl methyl sites for hydroxylation is 1. The maximum atomic E-state index is 11.4. The van der Waals surface area contributed by atoms with Crippen LogP contribution < -0.4 is 11.2 Å². The van der Waals surface area contributed by atoms with Crippen LogP contribution in [0.15, 0.2) is 33.5 Å². The third-order valence-electron chi connectivity index (χ3n) is 1.90. The molecule has 0 radical (unpaired) electrons. The number of nitrogen functional groups attached to an aromatic ring is 1. The summed E-state index contributed by atoms with van der Waals surface area (Å²) < 4.78 is 5.18. The van der Waals surface area contributed by atoms with E-state index in [-0.39, 0.29) is 11.3 Å². The Balaban J connectivity index is 2.95. The highest BCUT2D eigenvalue weighted by Crippen LogP contribution is 2.14. The number of rotatable bonds is 0. The first-order chi connectivity index (χ1) is 6.16. The molecule has 66 valence electrons. The molecule has 0 aliphatic heterocycles. The molecule has 0 amide bonds. The SMILES string of the molecule is Cc1ccc2oc(N)cc(=O)c2c1. The fraction of sp³-hybridized carbons (Fsp3) is 0.100. The monoisotopic (exact) mass is 175 g/mol. The Hall–Kier alpha value is -1.77. The molecule has 1 aromatic heterocycles. The average molecular weight is 175 g/mol. The minimum atomic E-state index is -0.0950. The molecule has 3 heteroatoms. The van der Waals surface area contributed by atoms with Gasteiger partial charge in [-0.3, -0.25) is 4.79 Å². The summed E-state index contributed by atoms with van der Waals surface area (Å²) in [4.78, 5) is 11.4. The Morgan fingerprint density at radius 3 is 2.85 bits per heavy atom. The van der Waals surface area contributed by atoms with Crippen LogP contribution >= 0.6 is 0 Å². The molecular weight excluding hydrogens is 166 g/mol. The molecule has 0 saturated heterocycles. The van der Waals surface area contributed by atoms with Crippen LogP contribution in [0.25, 0.3) is 11.0 Å². The zero-order valence-electron chi connectivity index (χ0n) is 7.20. The van der Waals surface area contributed by atoms with Gasteiger partial charge in [-0.25, -0.2) is 0 Å². The van der Waals surface area contributed by atoms with Crippen molar-refractivity contribution in [3.8, 4) is 0 Å². The number of benzene rings is 1. The van der Waals surface area contributed by atoms with Crippen molar-refractivity contribution in [3.05, 3.63) is 40.1 Å². The van der Waals surface area contributed by atoms with E-state index in [9.17, 15) is 4.79 Å². The minimum absolute atomic E-state index is 0.0950. The van der Waals surface area contributed by atoms with Crippen LogP contribution in [0.3, 0.4) is 0 Å². The smallest absolute Gasteiger partial charge is 0.194 e. The second-order valence-corrected chi connectivity index (χ2v) is 3.01. The van der Waals surface area contributed by atoms with Crippen molar-refractivity contribution in [2.24, 2.45) is 0 Å². The predicted molar refractivity (Wildman–Crippen MR) is 51.6 cm³/mol. The van der Waals surface area contributed by atoms with Crippen LogP contribution in [0, 0.1) is 6.92 Å². The van der Waals surface area contributed by atoms with Crippen LogP contribution in [0.5, 0.6) is 0 Å². The van der Waals surface area contributed by atoms with Gasteiger partial charge in [-0.05, 0) is 19.1 Å². The van der Waals surface area contributed by atoms with Crippen LogP contribution in [-0.4, -0.2) is 0 Å². The summed E-state index contributed by atoms with van der Waals surface area (Å²) in [6.45, 7) is 1.93. The molecule has 2 aromatic rings. The molecule has 2 rings (SSSR count). The predicted octanol–water partition coefficient (Wildman–Crippen LogP) is 1.68. The average Bonchev–Trinajstić information content (AvgIpc) is 2.06. The number of fused-ring (bicyclic) bond motifs is 1. The summed E-state index contributed by atoms with van der Waals surface area (Å²) in [5.41, 5.74) is 6.87. The Morgan fingerprint density at radius 1 is 1.31 bits per heavy atom. The maximum absolute atomic E-state index is 11.4. The van der Waals surface area contributed by atoms with Crippen molar-refractivity contribution in [2.45, 2.75) is 6.92 Å². The lowest BCUT2D eigenvalue weighted by atomic mass is 10.1. The van der Waals surface area contributed by atoms with Crippen molar-refractivity contribution < 1.29 is 4.42 Å². The molecule has 2 N–H and O–H groups in total. The third-order valence-corrected chi connectivity index (χ3v) is 1.90. The molecule has 3 nitrogen and oxygen atoms in total. The molecule has 0 aliphatic rings. The quantitative estimate of drug-likeness (QED) is 0.662. The number of hydrogen-bond acceptors (Lipinski definition) is 3. The van der Waals surface area contributed by atoms with Crippen LogP contribution in [0.1, 0.15) is 5.56 Å². The molecule has 0 unspecified atom stereocenters. The fourth-order valence-corrected chi connectivity index (χ4v) is 1.29. The van der Waals surface area contributed by atoms with E-state index in [0.29, 0.717) is 11.0 Å². The van der Waals surface area contributed by atoms with Gasteiger partial charge < -0.3 is 10.2 Å². The van der Waals surface area contributed by atoms with Crippen LogP contribution in [0.4, 0.5) is 5.88 Å².